The Kier molecular flexibility index (Phi) is 2.76. The van der Waals surface area contributed by atoms with E-state index in [1.807, 2.05) is 48.5 Å². The number of anilines is 1. The van der Waals surface area contributed by atoms with Crippen molar-refractivity contribution in [1.82, 2.24) is 0 Å². The molecule has 2 nitrogen and oxygen atoms in total. The lowest BCUT2D eigenvalue weighted by molar-refractivity contribution is 0.669. The van der Waals surface area contributed by atoms with E-state index >= 15 is 0 Å². The quantitative estimate of drug-likeness (QED) is 0.459. The summed E-state index contributed by atoms with van der Waals surface area (Å²) in [6.45, 7) is 0. The Labute approximate surface area is 130 Å². The fraction of sp³-hybridized carbons (Fsp3) is 0. The van der Waals surface area contributed by atoms with Crippen molar-refractivity contribution >= 4 is 43.6 Å². The van der Waals surface area contributed by atoms with Gasteiger partial charge in [0.2, 0.25) is 0 Å². The van der Waals surface area contributed by atoms with Crippen LogP contribution in [0.5, 0.6) is 0 Å². The summed E-state index contributed by atoms with van der Waals surface area (Å²) in [6, 6.07) is 20.1. The Bertz CT molecular complexity index is 971. The van der Waals surface area contributed by atoms with Gasteiger partial charge in [0.05, 0.1) is 5.69 Å². The van der Waals surface area contributed by atoms with Crippen molar-refractivity contribution in [2.75, 3.05) is 5.73 Å². The highest BCUT2D eigenvalue weighted by Crippen LogP contribution is 2.40. The first kappa shape index (κ1) is 12.5. The Morgan fingerprint density at radius 3 is 2.38 bits per heavy atom. The summed E-state index contributed by atoms with van der Waals surface area (Å²) < 4.78 is 6.84. The number of hydrogen-bond acceptors (Lipinski definition) is 2. The predicted molar refractivity (Wildman–Crippen MR) is 91.3 cm³/mol. The zero-order chi connectivity index (χ0) is 14.4. The van der Waals surface area contributed by atoms with Crippen LogP contribution in [0, 0.1) is 0 Å². The summed E-state index contributed by atoms with van der Waals surface area (Å²) in [4.78, 5) is 0. The van der Waals surface area contributed by atoms with E-state index < -0.39 is 0 Å². The van der Waals surface area contributed by atoms with Gasteiger partial charge in [-0.1, -0.05) is 42.5 Å². The molecule has 0 spiro atoms. The van der Waals surface area contributed by atoms with E-state index in [1.54, 1.807) is 0 Å². The highest BCUT2D eigenvalue weighted by atomic mass is 79.9. The van der Waals surface area contributed by atoms with Gasteiger partial charge in [-0.25, -0.2) is 0 Å². The van der Waals surface area contributed by atoms with Gasteiger partial charge in [0, 0.05) is 20.8 Å². The minimum Gasteiger partial charge on any atom is -0.456 e. The van der Waals surface area contributed by atoms with Crippen molar-refractivity contribution in [1.29, 1.82) is 0 Å². The molecule has 3 aromatic carbocycles. The fourth-order valence-corrected chi connectivity index (χ4v) is 3.14. The molecule has 0 unspecified atom stereocenters. The van der Waals surface area contributed by atoms with Crippen LogP contribution in [0.2, 0.25) is 0 Å². The third-order valence-corrected chi connectivity index (χ3v) is 4.44. The van der Waals surface area contributed by atoms with Gasteiger partial charge in [0.25, 0.3) is 0 Å². The van der Waals surface area contributed by atoms with Crippen LogP contribution in [0.1, 0.15) is 0 Å². The van der Waals surface area contributed by atoms with Crippen LogP contribution in [-0.4, -0.2) is 0 Å². The van der Waals surface area contributed by atoms with E-state index in [-0.39, 0.29) is 0 Å². The maximum Gasteiger partial charge on any atom is 0.136 e. The number of para-hydroxylation sites is 2. The number of halogens is 1. The Hall–Kier alpha value is -2.26. The molecule has 0 aliphatic heterocycles. The molecule has 2 N–H and O–H groups in total. The van der Waals surface area contributed by atoms with E-state index in [4.69, 9.17) is 10.2 Å². The lowest BCUT2D eigenvalue weighted by Crippen LogP contribution is -1.91. The third kappa shape index (κ3) is 1.85. The summed E-state index contributed by atoms with van der Waals surface area (Å²) in [6.07, 6.45) is 0. The van der Waals surface area contributed by atoms with Gasteiger partial charge in [-0.2, -0.15) is 0 Å². The highest BCUT2D eigenvalue weighted by molar-refractivity contribution is 9.10. The van der Waals surface area contributed by atoms with E-state index in [9.17, 15) is 0 Å². The van der Waals surface area contributed by atoms with Gasteiger partial charge >= 0.3 is 0 Å². The molecule has 0 saturated heterocycles. The number of furan rings is 1. The second kappa shape index (κ2) is 4.64. The van der Waals surface area contributed by atoms with E-state index in [1.165, 1.54) is 0 Å². The normalized spacial score (nSPS) is 11.3. The third-order valence-electron chi connectivity index (χ3n) is 3.75. The summed E-state index contributed by atoms with van der Waals surface area (Å²) in [7, 11) is 0. The second-order valence-electron chi connectivity index (χ2n) is 4.98. The largest absolute Gasteiger partial charge is 0.456 e. The molecule has 0 saturated carbocycles. The summed E-state index contributed by atoms with van der Waals surface area (Å²) in [5.74, 6) is 0. The van der Waals surface area contributed by atoms with Crippen molar-refractivity contribution < 1.29 is 4.42 Å². The first-order chi connectivity index (χ1) is 10.3. The minimum atomic E-state index is 0.746. The van der Waals surface area contributed by atoms with Gasteiger partial charge < -0.3 is 10.2 Å². The van der Waals surface area contributed by atoms with Crippen LogP contribution in [0.3, 0.4) is 0 Å². The zero-order valence-electron chi connectivity index (χ0n) is 11.1. The molecule has 0 aliphatic rings. The summed E-state index contributed by atoms with van der Waals surface area (Å²) in [5.41, 5.74) is 10.9. The van der Waals surface area contributed by atoms with Gasteiger partial charge in [-0.3, -0.25) is 0 Å². The molecule has 0 atom stereocenters. The predicted octanol–water partition coefficient (Wildman–Crippen LogP) is 5.60. The smallest absolute Gasteiger partial charge is 0.136 e. The number of benzene rings is 3. The Balaban J connectivity index is 2.16. The molecular weight excluding hydrogens is 326 g/mol. The highest BCUT2D eigenvalue weighted by Gasteiger charge is 2.14. The van der Waals surface area contributed by atoms with Crippen molar-refractivity contribution in [3.05, 3.63) is 65.1 Å². The molecule has 0 fully saturated rings. The molecule has 1 aromatic heterocycles. The van der Waals surface area contributed by atoms with E-state index in [0.29, 0.717) is 0 Å². The van der Waals surface area contributed by atoms with Crippen molar-refractivity contribution in [3.63, 3.8) is 0 Å². The molecule has 0 aliphatic carbocycles. The zero-order valence-corrected chi connectivity index (χ0v) is 12.7. The molecule has 0 radical (unpaired) electrons. The molecule has 0 amide bonds. The van der Waals surface area contributed by atoms with Crippen LogP contribution in [0.25, 0.3) is 33.1 Å². The van der Waals surface area contributed by atoms with Crippen LogP contribution in [0.15, 0.2) is 69.6 Å². The van der Waals surface area contributed by atoms with Crippen LogP contribution in [-0.2, 0) is 0 Å². The first-order valence-corrected chi connectivity index (χ1v) is 7.49. The minimum absolute atomic E-state index is 0.746. The summed E-state index contributed by atoms with van der Waals surface area (Å²) >= 11 is 3.50. The van der Waals surface area contributed by atoms with Gasteiger partial charge in [-0.05, 0) is 39.7 Å². The average molecular weight is 338 g/mol. The van der Waals surface area contributed by atoms with Crippen LogP contribution < -0.4 is 5.73 Å². The van der Waals surface area contributed by atoms with Crippen molar-refractivity contribution in [2.24, 2.45) is 0 Å². The van der Waals surface area contributed by atoms with Gasteiger partial charge in [0.15, 0.2) is 0 Å². The van der Waals surface area contributed by atoms with Crippen LogP contribution in [0.4, 0.5) is 5.69 Å². The van der Waals surface area contributed by atoms with Crippen LogP contribution >= 0.6 is 15.9 Å². The molecule has 4 aromatic rings. The SMILES string of the molecule is Nc1c(Br)cccc1-c1cccc2oc3ccccc3c12. The average Bonchev–Trinajstić information content (AvgIpc) is 2.89. The molecule has 3 heteroatoms. The molecule has 0 bridgehead atoms. The maximum absolute atomic E-state index is 6.24. The number of hydrogen-bond donors (Lipinski definition) is 1. The number of fused-ring (bicyclic) bond motifs is 3. The lowest BCUT2D eigenvalue weighted by atomic mass is 9.98. The monoisotopic (exact) mass is 337 g/mol. The summed E-state index contributed by atoms with van der Waals surface area (Å²) in [5, 5.41) is 2.22. The second-order valence-corrected chi connectivity index (χ2v) is 5.83. The Morgan fingerprint density at radius 2 is 1.48 bits per heavy atom. The molecule has 1 heterocycles. The Morgan fingerprint density at radius 1 is 0.762 bits per heavy atom. The molecular formula is C18H12BrNO. The fourth-order valence-electron chi connectivity index (χ4n) is 2.77. The maximum atomic E-state index is 6.24. The number of rotatable bonds is 1. The van der Waals surface area contributed by atoms with Gasteiger partial charge in [0.1, 0.15) is 11.2 Å². The molecule has 21 heavy (non-hydrogen) atoms. The first-order valence-electron chi connectivity index (χ1n) is 6.70. The van der Waals surface area contributed by atoms with Gasteiger partial charge in [-0.15, -0.1) is 0 Å². The molecule has 4 rings (SSSR count). The van der Waals surface area contributed by atoms with E-state index in [0.717, 1.165) is 43.2 Å². The van der Waals surface area contributed by atoms with E-state index in [2.05, 4.69) is 28.1 Å². The van der Waals surface area contributed by atoms with Crippen molar-refractivity contribution in [3.8, 4) is 11.1 Å². The molecule has 102 valence electrons. The van der Waals surface area contributed by atoms with Crippen molar-refractivity contribution in [2.45, 2.75) is 0 Å². The topological polar surface area (TPSA) is 39.2 Å². The standard InChI is InChI=1S/C18H12BrNO/c19-14-8-3-7-12(18(14)20)11-6-4-10-16-17(11)13-5-1-2-9-15(13)21-16/h1-10H,20H2. The lowest BCUT2D eigenvalue weighted by Gasteiger charge is -2.08. The number of nitrogen functional groups attached to an aromatic ring is 1. The number of nitrogens with two attached hydrogens (primary N) is 1.